The Bertz CT molecular complexity index is 575. The van der Waals surface area contributed by atoms with Crippen LogP contribution in [-0.2, 0) is 0 Å². The molecule has 0 fully saturated rings. The molecular formula is C14H16BrN3O2. The second-order valence-corrected chi connectivity index (χ2v) is 5.18. The zero-order valence-electron chi connectivity index (χ0n) is 11.4. The SMILES string of the molecule is COc1ccc(Br)cc1-c1cnc(N(C)CCO)nc1. The van der Waals surface area contributed by atoms with Gasteiger partial charge in [0.05, 0.1) is 13.7 Å². The van der Waals surface area contributed by atoms with Crippen LogP contribution in [0.2, 0.25) is 0 Å². The minimum Gasteiger partial charge on any atom is -0.496 e. The van der Waals surface area contributed by atoms with E-state index in [0.29, 0.717) is 12.5 Å². The van der Waals surface area contributed by atoms with Gasteiger partial charge in [-0.15, -0.1) is 0 Å². The number of aliphatic hydroxyl groups excluding tert-OH is 1. The van der Waals surface area contributed by atoms with E-state index in [0.717, 1.165) is 21.3 Å². The number of anilines is 1. The molecule has 1 N–H and O–H groups in total. The summed E-state index contributed by atoms with van der Waals surface area (Å²) in [6.07, 6.45) is 3.50. The monoisotopic (exact) mass is 337 g/mol. The number of methoxy groups -OCH3 is 1. The molecule has 0 aliphatic rings. The Labute approximate surface area is 126 Å². The molecule has 2 aromatic rings. The first kappa shape index (κ1) is 14.7. The first-order chi connectivity index (χ1) is 9.65. The van der Waals surface area contributed by atoms with Crippen molar-refractivity contribution >= 4 is 21.9 Å². The van der Waals surface area contributed by atoms with E-state index in [1.807, 2.05) is 25.2 Å². The van der Waals surface area contributed by atoms with Crippen molar-refractivity contribution in [3.8, 4) is 16.9 Å². The summed E-state index contributed by atoms with van der Waals surface area (Å²) in [4.78, 5) is 10.4. The second-order valence-electron chi connectivity index (χ2n) is 4.26. The number of hydrogen-bond donors (Lipinski definition) is 1. The molecule has 0 bridgehead atoms. The van der Waals surface area contributed by atoms with Crippen molar-refractivity contribution < 1.29 is 9.84 Å². The van der Waals surface area contributed by atoms with Gasteiger partial charge in [-0.1, -0.05) is 15.9 Å². The normalized spacial score (nSPS) is 10.4. The van der Waals surface area contributed by atoms with Gasteiger partial charge in [0.2, 0.25) is 5.95 Å². The van der Waals surface area contributed by atoms with Crippen LogP contribution in [0.4, 0.5) is 5.95 Å². The third-order valence-corrected chi connectivity index (χ3v) is 3.38. The standard InChI is InChI=1S/C14H16BrN3O2/c1-18(5-6-19)14-16-8-10(9-17-14)12-7-11(15)3-4-13(12)20-2/h3-4,7-9,19H,5-6H2,1-2H3. The number of halogens is 1. The highest BCUT2D eigenvalue weighted by molar-refractivity contribution is 9.10. The molecule has 2 rings (SSSR count). The van der Waals surface area contributed by atoms with Gasteiger partial charge in [0, 0.05) is 41.6 Å². The fourth-order valence-electron chi connectivity index (χ4n) is 1.81. The Morgan fingerprint density at radius 1 is 1.30 bits per heavy atom. The highest BCUT2D eigenvalue weighted by atomic mass is 79.9. The molecule has 5 nitrogen and oxygen atoms in total. The van der Waals surface area contributed by atoms with Crippen LogP contribution >= 0.6 is 15.9 Å². The van der Waals surface area contributed by atoms with Crippen LogP contribution in [0.25, 0.3) is 11.1 Å². The van der Waals surface area contributed by atoms with Crippen LogP contribution in [0.3, 0.4) is 0 Å². The van der Waals surface area contributed by atoms with E-state index < -0.39 is 0 Å². The molecule has 106 valence electrons. The number of likely N-dealkylation sites (N-methyl/N-ethyl adjacent to an activating group) is 1. The first-order valence-corrected chi connectivity index (χ1v) is 6.93. The molecule has 0 amide bonds. The number of rotatable bonds is 5. The van der Waals surface area contributed by atoms with Gasteiger partial charge >= 0.3 is 0 Å². The Morgan fingerprint density at radius 3 is 2.60 bits per heavy atom. The number of aromatic nitrogens is 2. The van der Waals surface area contributed by atoms with E-state index in [-0.39, 0.29) is 6.61 Å². The van der Waals surface area contributed by atoms with Crippen molar-refractivity contribution in [2.75, 3.05) is 32.2 Å². The molecular weight excluding hydrogens is 322 g/mol. The highest BCUT2D eigenvalue weighted by Gasteiger charge is 2.09. The van der Waals surface area contributed by atoms with Crippen LogP contribution < -0.4 is 9.64 Å². The van der Waals surface area contributed by atoms with Gasteiger partial charge in [-0.25, -0.2) is 9.97 Å². The highest BCUT2D eigenvalue weighted by Crippen LogP contribution is 2.32. The molecule has 0 aliphatic heterocycles. The number of aliphatic hydroxyl groups is 1. The minimum absolute atomic E-state index is 0.0705. The smallest absolute Gasteiger partial charge is 0.225 e. The lowest BCUT2D eigenvalue weighted by atomic mass is 10.1. The van der Waals surface area contributed by atoms with E-state index in [2.05, 4.69) is 25.9 Å². The van der Waals surface area contributed by atoms with Crippen molar-refractivity contribution in [2.24, 2.45) is 0 Å². The lowest BCUT2D eigenvalue weighted by molar-refractivity contribution is 0.303. The molecule has 0 saturated heterocycles. The molecule has 1 heterocycles. The summed E-state index contributed by atoms with van der Waals surface area (Å²) in [5.74, 6) is 1.35. The zero-order chi connectivity index (χ0) is 14.5. The molecule has 0 spiro atoms. The predicted molar refractivity (Wildman–Crippen MR) is 82.1 cm³/mol. The average Bonchev–Trinajstić information content (AvgIpc) is 2.47. The summed E-state index contributed by atoms with van der Waals surface area (Å²) in [5.41, 5.74) is 1.81. The predicted octanol–water partition coefficient (Wildman–Crippen LogP) is 2.34. The van der Waals surface area contributed by atoms with Gasteiger partial charge < -0.3 is 14.7 Å². The van der Waals surface area contributed by atoms with Crippen LogP contribution in [-0.4, -0.2) is 42.4 Å². The van der Waals surface area contributed by atoms with Crippen LogP contribution in [0, 0.1) is 0 Å². The lowest BCUT2D eigenvalue weighted by Crippen LogP contribution is -2.23. The Morgan fingerprint density at radius 2 is 2.00 bits per heavy atom. The number of benzene rings is 1. The summed E-state index contributed by atoms with van der Waals surface area (Å²) in [7, 11) is 3.47. The third-order valence-electron chi connectivity index (χ3n) is 2.89. The minimum atomic E-state index is 0.0705. The fourth-order valence-corrected chi connectivity index (χ4v) is 2.17. The third kappa shape index (κ3) is 3.26. The Kier molecular flexibility index (Phi) is 4.92. The number of hydrogen-bond acceptors (Lipinski definition) is 5. The number of nitrogens with zero attached hydrogens (tertiary/aromatic N) is 3. The summed E-state index contributed by atoms with van der Waals surface area (Å²) < 4.78 is 6.32. The van der Waals surface area contributed by atoms with Crippen molar-refractivity contribution in [2.45, 2.75) is 0 Å². The van der Waals surface area contributed by atoms with E-state index in [1.54, 1.807) is 24.4 Å². The Hall–Kier alpha value is -1.66. The van der Waals surface area contributed by atoms with E-state index in [1.165, 1.54) is 0 Å². The molecule has 0 unspecified atom stereocenters. The maximum absolute atomic E-state index is 8.91. The average molecular weight is 338 g/mol. The molecule has 0 aliphatic carbocycles. The summed E-state index contributed by atoms with van der Waals surface area (Å²) >= 11 is 3.45. The summed E-state index contributed by atoms with van der Waals surface area (Å²) in [6.45, 7) is 0.570. The quantitative estimate of drug-likeness (QED) is 0.907. The summed E-state index contributed by atoms with van der Waals surface area (Å²) in [5, 5.41) is 8.91. The summed E-state index contributed by atoms with van der Waals surface area (Å²) in [6, 6.07) is 5.78. The molecule has 0 atom stereocenters. The van der Waals surface area contributed by atoms with Crippen LogP contribution in [0.15, 0.2) is 35.1 Å². The van der Waals surface area contributed by atoms with Crippen molar-refractivity contribution in [1.29, 1.82) is 0 Å². The molecule has 1 aromatic heterocycles. The number of ether oxygens (including phenoxy) is 1. The van der Waals surface area contributed by atoms with E-state index >= 15 is 0 Å². The van der Waals surface area contributed by atoms with Crippen LogP contribution in [0.1, 0.15) is 0 Å². The van der Waals surface area contributed by atoms with Crippen molar-refractivity contribution in [1.82, 2.24) is 9.97 Å². The molecule has 20 heavy (non-hydrogen) atoms. The molecule has 0 radical (unpaired) electrons. The zero-order valence-corrected chi connectivity index (χ0v) is 13.0. The topological polar surface area (TPSA) is 58.5 Å². The fraction of sp³-hybridized carbons (Fsp3) is 0.286. The molecule has 1 aromatic carbocycles. The van der Waals surface area contributed by atoms with Gasteiger partial charge in [-0.05, 0) is 18.2 Å². The van der Waals surface area contributed by atoms with Crippen molar-refractivity contribution in [3.63, 3.8) is 0 Å². The molecule has 0 saturated carbocycles. The van der Waals surface area contributed by atoms with Gasteiger partial charge in [-0.2, -0.15) is 0 Å². The maximum atomic E-state index is 8.91. The Balaban J connectivity index is 2.32. The molecule has 6 heteroatoms. The van der Waals surface area contributed by atoms with Gasteiger partial charge in [0.25, 0.3) is 0 Å². The largest absolute Gasteiger partial charge is 0.496 e. The second kappa shape index (κ2) is 6.67. The maximum Gasteiger partial charge on any atom is 0.225 e. The van der Waals surface area contributed by atoms with Crippen LogP contribution in [0.5, 0.6) is 5.75 Å². The van der Waals surface area contributed by atoms with Gasteiger partial charge in [0.1, 0.15) is 5.75 Å². The van der Waals surface area contributed by atoms with Crippen molar-refractivity contribution in [3.05, 3.63) is 35.1 Å². The first-order valence-electron chi connectivity index (χ1n) is 6.13. The lowest BCUT2D eigenvalue weighted by Gasteiger charge is -2.15. The van der Waals surface area contributed by atoms with Gasteiger partial charge in [0.15, 0.2) is 0 Å². The van der Waals surface area contributed by atoms with Gasteiger partial charge in [-0.3, -0.25) is 0 Å². The van der Waals surface area contributed by atoms with E-state index in [4.69, 9.17) is 9.84 Å². The van der Waals surface area contributed by atoms with E-state index in [9.17, 15) is 0 Å².